The van der Waals surface area contributed by atoms with Gasteiger partial charge in [-0.25, -0.2) is 0 Å². The Kier molecular flexibility index (Phi) is 3.55. The molecule has 0 spiro atoms. The summed E-state index contributed by atoms with van der Waals surface area (Å²) in [7, 11) is 0. The molecule has 2 N–H and O–H groups in total. The van der Waals surface area contributed by atoms with Gasteiger partial charge < -0.3 is 5.73 Å². The molecule has 136 valence electrons. The Morgan fingerprint density at radius 3 is 2.27 bits per heavy atom. The van der Waals surface area contributed by atoms with E-state index >= 15 is 0 Å². The molecule has 0 saturated heterocycles. The summed E-state index contributed by atoms with van der Waals surface area (Å²) in [6, 6.07) is 14.1. The minimum atomic E-state index is 0.201. The molecular weight excluding hydrogens is 314 g/mol. The summed E-state index contributed by atoms with van der Waals surface area (Å²) in [5.41, 5.74) is 14.4. The molecule has 26 heavy (non-hydrogen) atoms. The Morgan fingerprint density at radius 2 is 1.54 bits per heavy atom. The van der Waals surface area contributed by atoms with E-state index in [1.54, 1.807) is 5.56 Å². The predicted molar refractivity (Wildman–Crippen MR) is 109 cm³/mol. The van der Waals surface area contributed by atoms with Gasteiger partial charge in [-0.1, -0.05) is 36.8 Å². The number of hydrogen-bond acceptors (Lipinski definition) is 1. The zero-order chi connectivity index (χ0) is 18.1. The number of rotatable bonds is 2. The van der Waals surface area contributed by atoms with Crippen molar-refractivity contribution >= 4 is 5.69 Å². The van der Waals surface area contributed by atoms with Gasteiger partial charge in [-0.05, 0) is 104 Å². The van der Waals surface area contributed by atoms with E-state index in [4.69, 9.17) is 5.73 Å². The quantitative estimate of drug-likeness (QED) is 0.670. The maximum Gasteiger partial charge on any atom is 0.0343 e. The minimum absolute atomic E-state index is 0.201. The molecular formula is C25H31N. The largest absolute Gasteiger partial charge is 0.399 e. The average Bonchev–Trinajstić information content (AvgIpc) is 3.31. The molecule has 1 nitrogen and oxygen atoms in total. The van der Waals surface area contributed by atoms with Crippen LogP contribution in [0.2, 0.25) is 0 Å². The Balaban J connectivity index is 1.71. The van der Waals surface area contributed by atoms with Crippen LogP contribution in [-0.4, -0.2) is 0 Å². The Morgan fingerprint density at radius 1 is 0.846 bits per heavy atom. The first-order chi connectivity index (χ1) is 12.5. The normalized spacial score (nSPS) is 35.0. The Labute approximate surface area is 158 Å². The van der Waals surface area contributed by atoms with E-state index in [2.05, 4.69) is 57.2 Å². The van der Waals surface area contributed by atoms with Gasteiger partial charge in [0, 0.05) is 11.1 Å². The third-order valence-corrected chi connectivity index (χ3v) is 8.33. The van der Waals surface area contributed by atoms with Crippen LogP contribution in [0, 0.1) is 44.4 Å². The zero-order valence-corrected chi connectivity index (χ0v) is 16.4. The first-order valence-corrected chi connectivity index (χ1v) is 10.4. The fourth-order valence-corrected chi connectivity index (χ4v) is 6.95. The molecule has 3 aliphatic rings. The molecule has 2 aromatic rings. The maximum atomic E-state index is 6.17. The highest BCUT2D eigenvalue weighted by Gasteiger charge is 2.61. The Bertz CT molecular complexity index is 813. The molecule has 0 radical (unpaired) electrons. The van der Waals surface area contributed by atoms with Crippen LogP contribution in [0.1, 0.15) is 59.9 Å². The van der Waals surface area contributed by atoms with Gasteiger partial charge in [0.1, 0.15) is 0 Å². The number of hydrogen-bond donors (Lipinski definition) is 1. The Hall–Kier alpha value is -1.76. The zero-order valence-electron chi connectivity index (χ0n) is 16.4. The van der Waals surface area contributed by atoms with Crippen molar-refractivity contribution in [3.05, 3.63) is 64.2 Å². The highest BCUT2D eigenvalue weighted by atomic mass is 14.7. The monoisotopic (exact) mass is 345 g/mol. The van der Waals surface area contributed by atoms with E-state index < -0.39 is 0 Å². The summed E-state index contributed by atoms with van der Waals surface area (Å²) in [6.45, 7) is 6.66. The van der Waals surface area contributed by atoms with E-state index in [-0.39, 0.29) is 5.41 Å². The topological polar surface area (TPSA) is 26.0 Å². The molecule has 2 aromatic carbocycles. The van der Waals surface area contributed by atoms with Crippen molar-refractivity contribution < 1.29 is 0 Å². The molecule has 5 unspecified atom stereocenters. The van der Waals surface area contributed by atoms with Gasteiger partial charge in [-0.2, -0.15) is 0 Å². The molecule has 3 saturated carbocycles. The molecule has 0 heterocycles. The van der Waals surface area contributed by atoms with E-state index in [1.807, 2.05) is 0 Å². The van der Waals surface area contributed by atoms with Gasteiger partial charge in [0.15, 0.2) is 0 Å². The van der Waals surface area contributed by atoms with Crippen LogP contribution in [-0.2, 0) is 5.41 Å². The second-order valence-corrected chi connectivity index (χ2v) is 9.41. The van der Waals surface area contributed by atoms with E-state index in [0.717, 1.165) is 29.4 Å². The summed E-state index contributed by atoms with van der Waals surface area (Å²) < 4.78 is 0. The summed E-state index contributed by atoms with van der Waals surface area (Å²) in [5.74, 6) is 3.68. The molecule has 3 aliphatic carbocycles. The van der Waals surface area contributed by atoms with Crippen molar-refractivity contribution in [1.82, 2.24) is 0 Å². The highest BCUT2D eigenvalue weighted by molar-refractivity contribution is 5.53. The lowest BCUT2D eigenvalue weighted by Crippen LogP contribution is -2.40. The van der Waals surface area contributed by atoms with Gasteiger partial charge in [0.2, 0.25) is 0 Å². The maximum absolute atomic E-state index is 6.17. The summed E-state index contributed by atoms with van der Waals surface area (Å²) >= 11 is 0. The van der Waals surface area contributed by atoms with Crippen LogP contribution in [0.5, 0.6) is 0 Å². The molecule has 0 aliphatic heterocycles. The number of fused-ring (bicyclic) bond motifs is 5. The van der Waals surface area contributed by atoms with Crippen molar-refractivity contribution in [3.63, 3.8) is 0 Å². The molecule has 3 fully saturated rings. The summed E-state index contributed by atoms with van der Waals surface area (Å²) in [6.07, 6.45) is 7.16. The lowest BCUT2D eigenvalue weighted by molar-refractivity contribution is 0.181. The lowest BCUT2D eigenvalue weighted by Gasteiger charge is -2.44. The summed E-state index contributed by atoms with van der Waals surface area (Å²) in [5, 5.41) is 0. The van der Waals surface area contributed by atoms with Gasteiger partial charge in [-0.15, -0.1) is 0 Å². The standard InChI is InChI=1S/C25H31N/c1-15-7-8-19(11-16(15)2)25(20-9-10-24(26)17(3)12-20)14-18-13-23(25)22-6-4-5-21(18)22/h7-12,18,21-23H,4-6,13-14,26H2,1-3H3. The van der Waals surface area contributed by atoms with Gasteiger partial charge in [0.25, 0.3) is 0 Å². The van der Waals surface area contributed by atoms with Crippen LogP contribution >= 0.6 is 0 Å². The fraction of sp³-hybridized carbons (Fsp3) is 0.520. The van der Waals surface area contributed by atoms with E-state index in [0.29, 0.717) is 0 Å². The predicted octanol–water partition coefficient (Wildman–Crippen LogP) is 5.94. The third kappa shape index (κ3) is 2.09. The first-order valence-electron chi connectivity index (χ1n) is 10.4. The van der Waals surface area contributed by atoms with Crippen LogP contribution < -0.4 is 5.73 Å². The smallest absolute Gasteiger partial charge is 0.0343 e. The molecule has 5 rings (SSSR count). The SMILES string of the molecule is Cc1ccc(C2(c3ccc(N)c(C)c3)CC3CC2C2CCCC32)cc1C. The second-order valence-electron chi connectivity index (χ2n) is 9.41. The van der Waals surface area contributed by atoms with E-state index in [1.165, 1.54) is 54.4 Å². The van der Waals surface area contributed by atoms with Crippen LogP contribution in [0.3, 0.4) is 0 Å². The van der Waals surface area contributed by atoms with Gasteiger partial charge >= 0.3 is 0 Å². The molecule has 1 heteroatoms. The number of anilines is 1. The van der Waals surface area contributed by atoms with Crippen molar-refractivity contribution in [1.29, 1.82) is 0 Å². The minimum Gasteiger partial charge on any atom is -0.399 e. The number of nitrogen functional groups attached to an aromatic ring is 1. The molecule has 5 atom stereocenters. The van der Waals surface area contributed by atoms with Crippen molar-refractivity contribution in [2.45, 2.75) is 58.3 Å². The second kappa shape index (κ2) is 5.62. The highest BCUT2D eigenvalue weighted by Crippen LogP contribution is 2.68. The number of benzene rings is 2. The number of aryl methyl sites for hydroxylation is 3. The average molecular weight is 346 g/mol. The van der Waals surface area contributed by atoms with E-state index in [9.17, 15) is 0 Å². The third-order valence-electron chi connectivity index (χ3n) is 8.33. The first kappa shape index (κ1) is 16.4. The summed E-state index contributed by atoms with van der Waals surface area (Å²) in [4.78, 5) is 0. The van der Waals surface area contributed by atoms with Crippen LogP contribution in [0.4, 0.5) is 5.69 Å². The molecule has 0 aromatic heterocycles. The van der Waals surface area contributed by atoms with Crippen molar-refractivity contribution in [3.8, 4) is 0 Å². The van der Waals surface area contributed by atoms with Crippen molar-refractivity contribution in [2.75, 3.05) is 5.73 Å². The van der Waals surface area contributed by atoms with Gasteiger partial charge in [0.05, 0.1) is 0 Å². The van der Waals surface area contributed by atoms with Crippen molar-refractivity contribution in [2.24, 2.45) is 23.7 Å². The molecule has 2 bridgehead atoms. The van der Waals surface area contributed by atoms with Crippen LogP contribution in [0.25, 0.3) is 0 Å². The number of nitrogens with two attached hydrogens (primary N) is 1. The van der Waals surface area contributed by atoms with Gasteiger partial charge in [-0.3, -0.25) is 0 Å². The fourth-order valence-electron chi connectivity index (χ4n) is 6.95. The lowest BCUT2D eigenvalue weighted by atomic mass is 9.59. The van der Waals surface area contributed by atoms with Crippen LogP contribution in [0.15, 0.2) is 36.4 Å². The molecule has 0 amide bonds.